The molecule has 1 aliphatic heterocycles. The Kier molecular flexibility index (Phi) is 6.45. The number of hydrogen-bond donors (Lipinski definition) is 4. The summed E-state index contributed by atoms with van der Waals surface area (Å²) in [4.78, 5) is 27.9. The predicted octanol–water partition coefficient (Wildman–Crippen LogP) is 1.56. The van der Waals surface area contributed by atoms with Crippen LogP contribution in [0.3, 0.4) is 0 Å². The lowest BCUT2D eigenvalue weighted by Crippen LogP contribution is -2.81. The van der Waals surface area contributed by atoms with Gasteiger partial charge in [-0.3, -0.25) is 4.79 Å². The first-order chi connectivity index (χ1) is 17.8. The van der Waals surface area contributed by atoms with Crippen molar-refractivity contribution in [1.29, 1.82) is 0 Å². The number of esters is 1. The van der Waals surface area contributed by atoms with Crippen molar-refractivity contribution in [1.82, 2.24) is 0 Å². The molecule has 4 aliphatic rings. The van der Waals surface area contributed by atoms with Crippen molar-refractivity contribution in [3.63, 3.8) is 0 Å². The first kappa shape index (κ1) is 27.4. The van der Waals surface area contributed by atoms with Gasteiger partial charge in [0.1, 0.15) is 23.4 Å². The topological polar surface area (TPSA) is 143 Å². The van der Waals surface area contributed by atoms with Crippen molar-refractivity contribution in [3.05, 3.63) is 47.0 Å². The standard InChI is InChI=1S/C29H38O9/c1-6-37-28-14-36-19(28)12-18(31)27(5)22(28)24(38-25(34)16-10-8-7-9-11-16)29(35)13-17(30)15(2)20(26(29,3)4)21(32)23(27)33/h7-11,17-19,21-22,24,30-32,35H,6,12-14H2,1-5H3/t17-,18-,19+,21+,22-,24-,27+,28-,29+/m0/s1. The summed E-state index contributed by atoms with van der Waals surface area (Å²) in [5.74, 6) is -2.48. The number of carbonyl (C=O) groups is 2. The fourth-order valence-electron chi connectivity index (χ4n) is 7.73. The van der Waals surface area contributed by atoms with Crippen molar-refractivity contribution in [3.8, 4) is 0 Å². The fourth-order valence-corrected chi connectivity index (χ4v) is 7.73. The molecule has 3 aliphatic carbocycles. The molecule has 0 unspecified atom stereocenters. The van der Waals surface area contributed by atoms with Crippen molar-refractivity contribution in [2.45, 2.75) is 89.2 Å². The second-order valence-corrected chi connectivity index (χ2v) is 12.0. The molecule has 0 amide bonds. The maximum absolute atomic E-state index is 14.3. The highest BCUT2D eigenvalue weighted by Crippen LogP contribution is 2.63. The van der Waals surface area contributed by atoms with E-state index >= 15 is 0 Å². The molecule has 2 saturated carbocycles. The van der Waals surface area contributed by atoms with Gasteiger partial charge in [0, 0.05) is 30.8 Å². The number of Topliss-reactive ketones (excluding diaryl/α,β-unsaturated/α-hetero) is 1. The van der Waals surface area contributed by atoms with Crippen molar-refractivity contribution in [2.75, 3.05) is 13.2 Å². The van der Waals surface area contributed by atoms with Crippen molar-refractivity contribution >= 4 is 11.8 Å². The Balaban J connectivity index is 1.80. The average Bonchev–Trinajstić information content (AvgIpc) is 2.87. The SMILES string of the molecule is CCO[C@@]12CO[C@@H]1C[C@H](O)[C@@]1(C)C(=O)[C@H](O)C3=C(C)[C@@H](O)C[C@@](O)([C@@H](OC(=O)c4ccccc4)[C@H]21)C3(C)C. The first-order valence-corrected chi connectivity index (χ1v) is 13.3. The summed E-state index contributed by atoms with van der Waals surface area (Å²) < 4.78 is 18.3. The zero-order valence-electron chi connectivity index (χ0n) is 22.5. The third kappa shape index (κ3) is 3.39. The minimum absolute atomic E-state index is 0.0576. The lowest BCUT2D eigenvalue weighted by Gasteiger charge is -2.67. The smallest absolute Gasteiger partial charge is 0.338 e. The van der Waals surface area contributed by atoms with Gasteiger partial charge in [0.2, 0.25) is 0 Å². The Morgan fingerprint density at radius 1 is 1.13 bits per heavy atom. The molecular weight excluding hydrogens is 492 g/mol. The Bertz CT molecular complexity index is 1160. The van der Waals surface area contributed by atoms with E-state index < -0.39 is 70.2 Å². The summed E-state index contributed by atoms with van der Waals surface area (Å²) in [6.07, 6.45) is -6.32. The van der Waals surface area contributed by atoms with Gasteiger partial charge in [0.05, 0.1) is 35.9 Å². The number of carbonyl (C=O) groups excluding carboxylic acids is 2. The number of ketones is 1. The van der Waals surface area contributed by atoms with Crippen LogP contribution in [0.25, 0.3) is 0 Å². The summed E-state index contributed by atoms with van der Waals surface area (Å²) in [6.45, 7) is 8.64. The second-order valence-electron chi connectivity index (χ2n) is 12.0. The van der Waals surface area contributed by atoms with Gasteiger partial charge in [-0.25, -0.2) is 4.79 Å². The van der Waals surface area contributed by atoms with E-state index in [1.807, 2.05) is 0 Å². The summed E-state index contributed by atoms with van der Waals surface area (Å²) in [6, 6.07) is 8.31. The largest absolute Gasteiger partial charge is 0.455 e. The first-order valence-electron chi connectivity index (χ1n) is 13.3. The Labute approximate surface area is 222 Å². The lowest BCUT2D eigenvalue weighted by molar-refractivity contribution is -0.355. The van der Waals surface area contributed by atoms with Gasteiger partial charge in [0.15, 0.2) is 5.78 Å². The molecule has 1 saturated heterocycles. The Hall–Kier alpha value is -2.14. The predicted molar refractivity (Wildman–Crippen MR) is 135 cm³/mol. The van der Waals surface area contributed by atoms with E-state index in [9.17, 15) is 30.0 Å². The number of aliphatic hydroxyl groups is 4. The third-order valence-electron chi connectivity index (χ3n) is 10.0. The van der Waals surface area contributed by atoms with Gasteiger partial charge >= 0.3 is 5.97 Å². The van der Waals surface area contributed by atoms with Gasteiger partial charge in [-0.15, -0.1) is 0 Å². The van der Waals surface area contributed by atoms with Crippen LogP contribution in [0.2, 0.25) is 0 Å². The molecule has 5 rings (SSSR count). The Morgan fingerprint density at radius 2 is 1.79 bits per heavy atom. The van der Waals surface area contributed by atoms with E-state index in [1.54, 1.807) is 65.0 Å². The molecule has 208 valence electrons. The fraction of sp³-hybridized carbons (Fsp3) is 0.655. The van der Waals surface area contributed by atoms with E-state index in [0.717, 1.165) is 0 Å². The molecule has 0 aromatic heterocycles. The molecule has 1 aromatic carbocycles. The maximum atomic E-state index is 14.3. The molecular formula is C29H38O9. The third-order valence-corrected chi connectivity index (χ3v) is 10.0. The minimum Gasteiger partial charge on any atom is -0.455 e. The van der Waals surface area contributed by atoms with E-state index in [-0.39, 0.29) is 37.2 Å². The molecule has 0 radical (unpaired) electrons. The molecule has 9 atom stereocenters. The van der Waals surface area contributed by atoms with Gasteiger partial charge in [0.25, 0.3) is 0 Å². The van der Waals surface area contributed by atoms with Crippen LogP contribution in [0.1, 0.15) is 57.8 Å². The van der Waals surface area contributed by atoms with Gasteiger partial charge in [-0.2, -0.15) is 0 Å². The lowest BCUT2D eigenvalue weighted by atomic mass is 9.44. The van der Waals surface area contributed by atoms with Crippen LogP contribution in [0.15, 0.2) is 41.5 Å². The molecule has 9 heteroatoms. The zero-order chi connectivity index (χ0) is 27.8. The van der Waals surface area contributed by atoms with Crippen LogP contribution in [0, 0.1) is 16.7 Å². The number of hydrogen-bond acceptors (Lipinski definition) is 9. The van der Waals surface area contributed by atoms with Gasteiger partial charge in [-0.1, -0.05) is 32.0 Å². The molecule has 9 nitrogen and oxygen atoms in total. The minimum atomic E-state index is -1.94. The van der Waals surface area contributed by atoms with Crippen molar-refractivity contribution in [2.24, 2.45) is 16.7 Å². The molecule has 1 heterocycles. The average molecular weight is 531 g/mol. The highest BCUT2D eigenvalue weighted by Gasteiger charge is 2.76. The van der Waals surface area contributed by atoms with Crippen LogP contribution in [-0.2, 0) is 19.0 Å². The van der Waals surface area contributed by atoms with Crippen LogP contribution in [-0.4, -0.2) is 87.1 Å². The molecule has 1 aromatic rings. The van der Waals surface area contributed by atoms with E-state index in [4.69, 9.17) is 14.2 Å². The van der Waals surface area contributed by atoms with E-state index in [2.05, 4.69) is 0 Å². The summed E-state index contributed by atoms with van der Waals surface area (Å²) in [7, 11) is 0. The van der Waals surface area contributed by atoms with Crippen LogP contribution < -0.4 is 0 Å². The zero-order valence-corrected chi connectivity index (χ0v) is 22.5. The molecule has 2 bridgehead atoms. The normalized spacial score (nSPS) is 43.8. The maximum Gasteiger partial charge on any atom is 0.338 e. The highest BCUT2D eigenvalue weighted by molar-refractivity contribution is 5.94. The van der Waals surface area contributed by atoms with Crippen LogP contribution in [0.5, 0.6) is 0 Å². The van der Waals surface area contributed by atoms with Crippen LogP contribution in [0.4, 0.5) is 0 Å². The number of aliphatic hydroxyl groups excluding tert-OH is 3. The summed E-state index contributed by atoms with van der Waals surface area (Å²) >= 11 is 0. The quantitative estimate of drug-likeness (QED) is 0.337. The highest BCUT2D eigenvalue weighted by atomic mass is 16.6. The summed E-state index contributed by atoms with van der Waals surface area (Å²) in [5, 5.41) is 46.8. The number of fused-ring (bicyclic) bond motifs is 5. The molecule has 4 N–H and O–H groups in total. The Morgan fingerprint density at radius 3 is 2.37 bits per heavy atom. The van der Waals surface area contributed by atoms with E-state index in [0.29, 0.717) is 5.57 Å². The number of rotatable bonds is 4. The molecule has 0 spiro atoms. The number of benzene rings is 1. The molecule has 38 heavy (non-hydrogen) atoms. The van der Waals surface area contributed by atoms with Gasteiger partial charge < -0.3 is 34.6 Å². The van der Waals surface area contributed by atoms with Crippen molar-refractivity contribution < 1.29 is 44.2 Å². The number of ether oxygens (including phenoxy) is 3. The summed E-state index contributed by atoms with van der Waals surface area (Å²) in [5.41, 5.74) is -5.29. The van der Waals surface area contributed by atoms with E-state index in [1.165, 1.54) is 0 Å². The van der Waals surface area contributed by atoms with Crippen LogP contribution >= 0.6 is 0 Å². The molecule has 3 fully saturated rings. The second kappa shape index (κ2) is 8.94. The monoisotopic (exact) mass is 530 g/mol. The van der Waals surface area contributed by atoms with Gasteiger partial charge in [-0.05, 0) is 44.1 Å².